The Balaban J connectivity index is 2.74. The zero-order chi connectivity index (χ0) is 12.8. The lowest BCUT2D eigenvalue weighted by Gasteiger charge is -2.22. The molecule has 0 aliphatic rings. The smallest absolute Gasteiger partial charge is 0.123 e. The van der Waals surface area contributed by atoms with Gasteiger partial charge in [-0.15, -0.1) is 0 Å². The van der Waals surface area contributed by atoms with E-state index in [1.54, 1.807) is 12.1 Å². The maximum Gasteiger partial charge on any atom is 0.123 e. The summed E-state index contributed by atoms with van der Waals surface area (Å²) in [5.74, 6) is -0.177. The van der Waals surface area contributed by atoms with Crippen LogP contribution in [-0.2, 0) is 6.42 Å². The van der Waals surface area contributed by atoms with E-state index in [0.29, 0.717) is 6.04 Å². The summed E-state index contributed by atoms with van der Waals surface area (Å²) in [6.07, 6.45) is 0.824. The molecule has 0 saturated carbocycles. The molecule has 0 amide bonds. The first-order valence-electron chi connectivity index (χ1n) is 5.85. The topological polar surface area (TPSA) is 15.3 Å². The summed E-state index contributed by atoms with van der Waals surface area (Å²) in [7, 11) is 4.09. The van der Waals surface area contributed by atoms with Crippen molar-refractivity contribution in [1.29, 1.82) is 0 Å². The standard InChI is InChI=1S/C13H20BrFN2/c1-4-16-12(9-17(2)3)8-10-7-11(15)5-6-13(10)14/h5-7,12,16H,4,8-9H2,1-3H3. The Labute approximate surface area is 111 Å². The predicted molar refractivity (Wildman–Crippen MR) is 73.8 cm³/mol. The summed E-state index contributed by atoms with van der Waals surface area (Å²) in [5.41, 5.74) is 1.01. The molecule has 1 atom stereocenters. The highest BCUT2D eigenvalue weighted by atomic mass is 79.9. The monoisotopic (exact) mass is 302 g/mol. The first-order chi connectivity index (χ1) is 8.02. The predicted octanol–water partition coefficient (Wildman–Crippen LogP) is 2.67. The molecule has 0 radical (unpaired) electrons. The van der Waals surface area contributed by atoms with Gasteiger partial charge in [-0.25, -0.2) is 4.39 Å². The lowest BCUT2D eigenvalue weighted by molar-refractivity contribution is 0.338. The van der Waals surface area contributed by atoms with Gasteiger partial charge in [0.2, 0.25) is 0 Å². The third-order valence-electron chi connectivity index (χ3n) is 2.55. The van der Waals surface area contributed by atoms with Crippen LogP contribution in [0.4, 0.5) is 4.39 Å². The molecule has 0 aliphatic carbocycles. The average Bonchev–Trinajstić information content (AvgIpc) is 2.23. The number of likely N-dealkylation sites (N-methyl/N-ethyl adjacent to an activating group) is 2. The number of rotatable bonds is 6. The third-order valence-corrected chi connectivity index (χ3v) is 3.33. The van der Waals surface area contributed by atoms with Gasteiger partial charge in [0.15, 0.2) is 0 Å². The summed E-state index contributed by atoms with van der Waals surface area (Å²) < 4.78 is 14.2. The summed E-state index contributed by atoms with van der Waals surface area (Å²) in [6, 6.07) is 5.18. The Bertz CT molecular complexity index is 355. The second-order valence-corrected chi connectivity index (χ2v) is 5.31. The molecule has 0 aliphatic heterocycles. The molecule has 17 heavy (non-hydrogen) atoms. The molecule has 1 N–H and O–H groups in total. The van der Waals surface area contributed by atoms with E-state index in [0.717, 1.165) is 29.5 Å². The number of nitrogens with one attached hydrogen (secondary N) is 1. The Morgan fingerprint density at radius 2 is 2.12 bits per heavy atom. The highest BCUT2D eigenvalue weighted by molar-refractivity contribution is 9.10. The molecule has 96 valence electrons. The molecule has 0 heterocycles. The maximum absolute atomic E-state index is 13.2. The third kappa shape index (κ3) is 5.15. The van der Waals surface area contributed by atoms with Crippen LogP contribution >= 0.6 is 15.9 Å². The number of benzene rings is 1. The van der Waals surface area contributed by atoms with Gasteiger partial charge in [-0.2, -0.15) is 0 Å². The van der Waals surface area contributed by atoms with Crippen molar-refractivity contribution in [2.45, 2.75) is 19.4 Å². The largest absolute Gasteiger partial charge is 0.313 e. The highest BCUT2D eigenvalue weighted by Gasteiger charge is 2.12. The van der Waals surface area contributed by atoms with Gasteiger partial charge in [-0.05, 0) is 50.8 Å². The van der Waals surface area contributed by atoms with Gasteiger partial charge in [0.25, 0.3) is 0 Å². The SMILES string of the molecule is CCNC(Cc1cc(F)ccc1Br)CN(C)C. The molecule has 1 unspecified atom stereocenters. The molecule has 0 bridgehead atoms. The number of hydrogen-bond acceptors (Lipinski definition) is 2. The van der Waals surface area contributed by atoms with E-state index in [4.69, 9.17) is 0 Å². The second-order valence-electron chi connectivity index (χ2n) is 4.46. The van der Waals surface area contributed by atoms with Gasteiger partial charge >= 0.3 is 0 Å². The first kappa shape index (κ1) is 14.6. The van der Waals surface area contributed by atoms with Crippen molar-refractivity contribution in [1.82, 2.24) is 10.2 Å². The minimum atomic E-state index is -0.177. The second kappa shape index (κ2) is 7.09. The highest BCUT2D eigenvalue weighted by Crippen LogP contribution is 2.19. The summed E-state index contributed by atoms with van der Waals surface area (Å²) in [5, 5.41) is 3.42. The Morgan fingerprint density at radius 1 is 1.41 bits per heavy atom. The van der Waals surface area contributed by atoms with Crippen LogP contribution in [0.1, 0.15) is 12.5 Å². The fourth-order valence-electron chi connectivity index (χ4n) is 1.90. The van der Waals surface area contributed by atoms with Crippen LogP contribution in [0, 0.1) is 5.82 Å². The van der Waals surface area contributed by atoms with Crippen LogP contribution in [0.2, 0.25) is 0 Å². The number of hydrogen-bond donors (Lipinski definition) is 1. The van der Waals surface area contributed by atoms with Gasteiger partial charge in [-0.3, -0.25) is 0 Å². The summed E-state index contributed by atoms with van der Waals surface area (Å²) >= 11 is 3.47. The first-order valence-corrected chi connectivity index (χ1v) is 6.64. The van der Waals surface area contributed by atoms with Crippen molar-refractivity contribution in [2.75, 3.05) is 27.2 Å². The fourth-order valence-corrected chi connectivity index (χ4v) is 2.30. The number of nitrogens with zero attached hydrogens (tertiary/aromatic N) is 1. The molecule has 2 nitrogen and oxygen atoms in total. The molecule has 1 aromatic rings. The summed E-state index contributed by atoms with van der Waals surface area (Å²) in [4.78, 5) is 2.14. The zero-order valence-corrected chi connectivity index (χ0v) is 12.2. The lowest BCUT2D eigenvalue weighted by atomic mass is 10.1. The van der Waals surface area contributed by atoms with E-state index in [1.165, 1.54) is 6.07 Å². The van der Waals surface area contributed by atoms with Crippen molar-refractivity contribution in [2.24, 2.45) is 0 Å². The van der Waals surface area contributed by atoms with Crippen molar-refractivity contribution in [3.05, 3.63) is 34.1 Å². The fraction of sp³-hybridized carbons (Fsp3) is 0.538. The van der Waals surface area contributed by atoms with Gasteiger partial charge in [0.1, 0.15) is 5.82 Å². The quantitative estimate of drug-likeness (QED) is 0.869. The van der Waals surface area contributed by atoms with Gasteiger partial charge in [-0.1, -0.05) is 22.9 Å². The van der Waals surface area contributed by atoms with Crippen LogP contribution in [-0.4, -0.2) is 38.1 Å². The average molecular weight is 303 g/mol. The molecule has 1 rings (SSSR count). The van der Waals surface area contributed by atoms with E-state index < -0.39 is 0 Å². The van der Waals surface area contributed by atoms with Crippen molar-refractivity contribution >= 4 is 15.9 Å². The molecule has 0 aromatic heterocycles. The molecule has 0 fully saturated rings. The lowest BCUT2D eigenvalue weighted by Crippen LogP contribution is -2.39. The zero-order valence-electron chi connectivity index (χ0n) is 10.6. The number of halogens is 2. The molecular weight excluding hydrogens is 283 g/mol. The Morgan fingerprint density at radius 3 is 2.71 bits per heavy atom. The van der Waals surface area contributed by atoms with E-state index >= 15 is 0 Å². The Kier molecular flexibility index (Phi) is 6.09. The Hall–Kier alpha value is -0.450. The van der Waals surface area contributed by atoms with Crippen LogP contribution in [0.25, 0.3) is 0 Å². The van der Waals surface area contributed by atoms with Crippen molar-refractivity contribution in [3.63, 3.8) is 0 Å². The van der Waals surface area contributed by atoms with Crippen LogP contribution < -0.4 is 5.32 Å². The van der Waals surface area contributed by atoms with E-state index in [9.17, 15) is 4.39 Å². The molecule has 4 heteroatoms. The van der Waals surface area contributed by atoms with Crippen LogP contribution in [0.5, 0.6) is 0 Å². The summed E-state index contributed by atoms with van der Waals surface area (Å²) in [6.45, 7) is 3.95. The van der Waals surface area contributed by atoms with Crippen molar-refractivity contribution in [3.8, 4) is 0 Å². The van der Waals surface area contributed by atoms with Gasteiger partial charge in [0, 0.05) is 17.1 Å². The van der Waals surface area contributed by atoms with Gasteiger partial charge in [0.05, 0.1) is 0 Å². The van der Waals surface area contributed by atoms with Crippen LogP contribution in [0.15, 0.2) is 22.7 Å². The van der Waals surface area contributed by atoms with E-state index in [1.807, 2.05) is 14.1 Å². The van der Waals surface area contributed by atoms with E-state index in [2.05, 4.69) is 33.1 Å². The molecule has 0 saturated heterocycles. The molecular formula is C13H20BrFN2. The molecule has 1 aromatic carbocycles. The molecule has 0 spiro atoms. The normalized spacial score (nSPS) is 13.1. The van der Waals surface area contributed by atoms with Gasteiger partial charge < -0.3 is 10.2 Å². The minimum absolute atomic E-state index is 0.177. The van der Waals surface area contributed by atoms with Crippen LogP contribution in [0.3, 0.4) is 0 Å². The van der Waals surface area contributed by atoms with E-state index in [-0.39, 0.29) is 5.82 Å². The maximum atomic E-state index is 13.2. The van der Waals surface area contributed by atoms with Crippen molar-refractivity contribution < 1.29 is 4.39 Å². The minimum Gasteiger partial charge on any atom is -0.313 e.